The third-order valence-corrected chi connectivity index (χ3v) is 5.71. The number of rotatable bonds is 2. The van der Waals surface area contributed by atoms with Gasteiger partial charge < -0.3 is 10.4 Å². The largest absolute Gasteiger partial charge is 0.430 e. The molecule has 0 fully saturated rings. The Labute approximate surface area is 155 Å². The molecule has 9 heteroatoms. The summed E-state index contributed by atoms with van der Waals surface area (Å²) in [6.45, 7) is 1.82. The number of fused-ring (bicyclic) bond motifs is 1. The highest BCUT2D eigenvalue weighted by molar-refractivity contribution is 8.00. The molecule has 0 aromatic heterocycles. The van der Waals surface area contributed by atoms with Crippen LogP contribution in [0.2, 0.25) is 0 Å². The van der Waals surface area contributed by atoms with Crippen molar-refractivity contribution in [1.82, 2.24) is 0 Å². The Balaban J connectivity index is 2.01. The van der Waals surface area contributed by atoms with Gasteiger partial charge in [-0.25, -0.2) is 0 Å². The molecule has 0 spiro atoms. The van der Waals surface area contributed by atoms with Gasteiger partial charge in [-0.15, -0.1) is 11.8 Å². The number of hydrogen-bond acceptors (Lipinski definition) is 3. The highest BCUT2D eigenvalue weighted by Crippen LogP contribution is 2.52. The number of anilines is 1. The van der Waals surface area contributed by atoms with E-state index in [0.717, 1.165) is 29.5 Å². The van der Waals surface area contributed by atoms with Crippen LogP contribution in [0.4, 0.5) is 32.0 Å². The molecular formula is C18H15F6NOS. The summed E-state index contributed by atoms with van der Waals surface area (Å²) in [6.07, 6.45) is -11.8. The molecule has 0 amide bonds. The van der Waals surface area contributed by atoms with Crippen molar-refractivity contribution < 1.29 is 31.4 Å². The van der Waals surface area contributed by atoms with Gasteiger partial charge in [0.05, 0.1) is 6.04 Å². The fraction of sp³-hybridized carbons (Fsp3) is 0.333. The van der Waals surface area contributed by atoms with Gasteiger partial charge in [0.15, 0.2) is 0 Å². The smallest absolute Gasteiger partial charge is 0.376 e. The standard InChI is InChI=1S/C18H15F6NOS/c1-10-15(11-5-3-2-4-6-11)25-13-8-7-12(9-14(13)27-10)16(26,17(19,20)21)18(22,23)24/h2-10,15,25-26H,1H3/t10-,15-/m1/s1. The van der Waals surface area contributed by atoms with Crippen LogP contribution >= 0.6 is 11.8 Å². The molecule has 2 aromatic rings. The van der Waals surface area contributed by atoms with E-state index in [4.69, 9.17) is 0 Å². The molecule has 0 bridgehead atoms. The fourth-order valence-corrected chi connectivity index (χ4v) is 4.23. The molecule has 3 rings (SSSR count). The number of hydrogen-bond donors (Lipinski definition) is 2. The van der Waals surface area contributed by atoms with E-state index in [9.17, 15) is 31.4 Å². The van der Waals surface area contributed by atoms with E-state index in [1.54, 1.807) is 0 Å². The molecule has 2 aromatic carbocycles. The van der Waals surface area contributed by atoms with Gasteiger partial charge in [-0.3, -0.25) is 0 Å². The van der Waals surface area contributed by atoms with Crippen LogP contribution in [0.3, 0.4) is 0 Å². The maximum absolute atomic E-state index is 13.1. The van der Waals surface area contributed by atoms with E-state index in [-0.39, 0.29) is 16.2 Å². The zero-order chi connectivity index (χ0) is 20.0. The van der Waals surface area contributed by atoms with E-state index in [1.807, 2.05) is 37.3 Å². The molecule has 146 valence electrons. The maximum Gasteiger partial charge on any atom is 0.430 e. The maximum atomic E-state index is 13.1. The lowest BCUT2D eigenvalue weighted by atomic mass is 9.92. The molecule has 0 saturated heterocycles. The molecule has 0 unspecified atom stereocenters. The first-order valence-electron chi connectivity index (χ1n) is 7.93. The monoisotopic (exact) mass is 407 g/mol. The summed E-state index contributed by atoms with van der Waals surface area (Å²) in [5.41, 5.74) is -4.80. The normalized spacial score (nSPS) is 20.7. The van der Waals surface area contributed by atoms with Crippen molar-refractivity contribution in [2.24, 2.45) is 0 Å². The average Bonchev–Trinajstić information content (AvgIpc) is 2.58. The molecule has 2 N–H and O–H groups in total. The van der Waals surface area contributed by atoms with Crippen molar-refractivity contribution in [2.45, 2.75) is 41.1 Å². The van der Waals surface area contributed by atoms with Crippen molar-refractivity contribution >= 4 is 17.4 Å². The van der Waals surface area contributed by atoms with E-state index < -0.39 is 23.5 Å². The minimum atomic E-state index is -5.90. The first-order valence-corrected chi connectivity index (χ1v) is 8.81. The number of aliphatic hydroxyl groups is 1. The Morgan fingerprint density at radius 1 is 0.926 bits per heavy atom. The van der Waals surface area contributed by atoms with Crippen LogP contribution in [0.15, 0.2) is 53.4 Å². The number of benzene rings is 2. The van der Waals surface area contributed by atoms with Crippen molar-refractivity contribution in [3.8, 4) is 0 Å². The molecule has 2 nitrogen and oxygen atoms in total. The summed E-state index contributed by atoms with van der Waals surface area (Å²) in [5.74, 6) is 0. The summed E-state index contributed by atoms with van der Waals surface area (Å²) in [4.78, 5) is 0.221. The summed E-state index contributed by atoms with van der Waals surface area (Å²) in [6, 6.07) is 11.7. The van der Waals surface area contributed by atoms with Gasteiger partial charge in [0.1, 0.15) is 0 Å². The second kappa shape index (κ2) is 6.63. The molecule has 1 aliphatic rings. The average molecular weight is 407 g/mol. The highest BCUT2D eigenvalue weighted by atomic mass is 32.2. The Morgan fingerprint density at radius 3 is 2.07 bits per heavy atom. The van der Waals surface area contributed by atoms with Crippen LogP contribution in [0.1, 0.15) is 24.1 Å². The lowest BCUT2D eigenvalue weighted by Crippen LogP contribution is -2.54. The van der Waals surface area contributed by atoms with Gasteiger partial charge in [0, 0.05) is 21.4 Å². The fourth-order valence-electron chi connectivity index (χ4n) is 3.02. The number of halogens is 6. The Morgan fingerprint density at radius 2 is 1.52 bits per heavy atom. The second-order valence-electron chi connectivity index (χ2n) is 6.27. The SMILES string of the molecule is C[C@H]1Sc2cc(C(O)(C(F)(F)F)C(F)(F)F)ccc2N[C@H]1c1ccccc1. The minimum absolute atomic E-state index is 0.153. The lowest BCUT2D eigenvalue weighted by Gasteiger charge is -2.35. The molecule has 1 heterocycles. The van der Waals surface area contributed by atoms with Gasteiger partial charge in [0.25, 0.3) is 5.60 Å². The van der Waals surface area contributed by atoms with Gasteiger partial charge >= 0.3 is 12.4 Å². The van der Waals surface area contributed by atoms with Crippen molar-refractivity contribution in [1.29, 1.82) is 0 Å². The molecule has 0 saturated carbocycles. The van der Waals surface area contributed by atoms with Gasteiger partial charge in [-0.05, 0) is 17.7 Å². The first kappa shape index (κ1) is 19.9. The summed E-state index contributed by atoms with van der Waals surface area (Å²) >= 11 is 1.16. The van der Waals surface area contributed by atoms with Crippen LogP contribution in [0.5, 0.6) is 0 Å². The molecule has 1 aliphatic heterocycles. The van der Waals surface area contributed by atoms with E-state index in [1.165, 1.54) is 0 Å². The van der Waals surface area contributed by atoms with E-state index >= 15 is 0 Å². The van der Waals surface area contributed by atoms with Crippen molar-refractivity contribution in [3.63, 3.8) is 0 Å². The van der Waals surface area contributed by atoms with E-state index in [0.29, 0.717) is 11.8 Å². The molecule has 0 aliphatic carbocycles. The molecule has 2 atom stereocenters. The molecule has 0 radical (unpaired) electrons. The zero-order valence-electron chi connectivity index (χ0n) is 13.9. The second-order valence-corrected chi connectivity index (χ2v) is 7.69. The van der Waals surface area contributed by atoms with Gasteiger partial charge in [-0.1, -0.05) is 43.3 Å². The topological polar surface area (TPSA) is 32.3 Å². The summed E-state index contributed by atoms with van der Waals surface area (Å²) < 4.78 is 78.5. The quantitative estimate of drug-likeness (QED) is 0.632. The lowest BCUT2D eigenvalue weighted by molar-refractivity contribution is -0.376. The highest BCUT2D eigenvalue weighted by Gasteiger charge is 2.71. The number of alkyl halides is 6. The van der Waals surface area contributed by atoms with Crippen molar-refractivity contribution in [2.75, 3.05) is 5.32 Å². The predicted molar refractivity (Wildman–Crippen MR) is 90.6 cm³/mol. The third-order valence-electron chi connectivity index (χ3n) is 4.47. The Bertz CT molecular complexity index is 807. The van der Waals surface area contributed by atoms with Crippen LogP contribution < -0.4 is 5.32 Å². The van der Waals surface area contributed by atoms with Crippen LogP contribution in [-0.2, 0) is 5.60 Å². The van der Waals surface area contributed by atoms with Crippen molar-refractivity contribution in [3.05, 3.63) is 59.7 Å². The van der Waals surface area contributed by atoms with Crippen LogP contribution in [0.25, 0.3) is 0 Å². The van der Waals surface area contributed by atoms with Gasteiger partial charge in [-0.2, -0.15) is 26.3 Å². The van der Waals surface area contributed by atoms with Crippen LogP contribution in [0, 0.1) is 0 Å². The minimum Gasteiger partial charge on any atom is -0.376 e. The predicted octanol–water partition coefficient (Wildman–Crippen LogP) is 5.65. The first-order chi connectivity index (χ1) is 12.4. The Hall–Kier alpha value is -1.87. The number of thioether (sulfide) groups is 1. The zero-order valence-corrected chi connectivity index (χ0v) is 14.7. The molecular weight excluding hydrogens is 392 g/mol. The Kier molecular flexibility index (Phi) is 4.88. The summed E-state index contributed by atoms with van der Waals surface area (Å²) in [7, 11) is 0. The van der Waals surface area contributed by atoms with Gasteiger partial charge in [0.2, 0.25) is 0 Å². The number of nitrogens with one attached hydrogen (secondary N) is 1. The van der Waals surface area contributed by atoms with E-state index in [2.05, 4.69) is 5.32 Å². The summed E-state index contributed by atoms with van der Waals surface area (Å²) in [5, 5.41) is 12.6. The van der Waals surface area contributed by atoms with Crippen LogP contribution in [-0.4, -0.2) is 22.7 Å². The molecule has 27 heavy (non-hydrogen) atoms. The third kappa shape index (κ3) is 3.38.